The van der Waals surface area contributed by atoms with E-state index in [9.17, 15) is 8.42 Å². The molecule has 2 aliphatic rings. The Morgan fingerprint density at radius 1 is 0.938 bits per heavy atom. The van der Waals surface area contributed by atoms with Gasteiger partial charge in [-0.2, -0.15) is 0 Å². The lowest BCUT2D eigenvalue weighted by molar-refractivity contribution is 0.337. The van der Waals surface area contributed by atoms with Crippen molar-refractivity contribution >= 4 is 9.84 Å². The second-order valence-electron chi connectivity index (χ2n) is 5.41. The summed E-state index contributed by atoms with van der Waals surface area (Å²) in [6.07, 6.45) is 10.7. The van der Waals surface area contributed by atoms with E-state index in [4.69, 9.17) is 0 Å². The molecule has 0 amide bonds. The molecule has 2 atom stereocenters. The van der Waals surface area contributed by atoms with E-state index in [2.05, 4.69) is 5.32 Å². The van der Waals surface area contributed by atoms with E-state index in [1.807, 2.05) is 0 Å². The third-order valence-electron chi connectivity index (χ3n) is 4.06. The molecule has 94 valence electrons. The fraction of sp³-hybridized carbons (Fsp3) is 1.00. The van der Waals surface area contributed by atoms with Crippen LogP contribution in [0.4, 0.5) is 0 Å². The van der Waals surface area contributed by atoms with E-state index in [0.29, 0.717) is 6.04 Å². The standard InChI is InChI=1S/C12H23NO2S/c1-16(14,15)12-9-5-8-11(12)13-10-6-3-2-4-7-10/h10-13H,2-9H2,1H3. The molecule has 2 rings (SSSR count). The van der Waals surface area contributed by atoms with E-state index < -0.39 is 9.84 Å². The lowest BCUT2D eigenvalue weighted by atomic mass is 9.95. The van der Waals surface area contributed by atoms with Gasteiger partial charge in [-0.15, -0.1) is 0 Å². The van der Waals surface area contributed by atoms with Gasteiger partial charge in [0.2, 0.25) is 0 Å². The van der Waals surface area contributed by atoms with E-state index >= 15 is 0 Å². The van der Waals surface area contributed by atoms with Crippen LogP contribution in [0.15, 0.2) is 0 Å². The lowest BCUT2D eigenvalue weighted by Gasteiger charge is -2.29. The van der Waals surface area contributed by atoms with Crippen molar-refractivity contribution in [3.05, 3.63) is 0 Å². The average molecular weight is 245 g/mol. The van der Waals surface area contributed by atoms with Gasteiger partial charge in [-0.3, -0.25) is 0 Å². The maximum Gasteiger partial charge on any atom is 0.151 e. The Bertz CT molecular complexity index is 320. The van der Waals surface area contributed by atoms with Gasteiger partial charge < -0.3 is 5.32 Å². The molecular weight excluding hydrogens is 222 g/mol. The molecular formula is C12H23NO2S. The summed E-state index contributed by atoms with van der Waals surface area (Å²) < 4.78 is 23.3. The molecule has 2 aliphatic carbocycles. The van der Waals surface area contributed by atoms with Crippen molar-refractivity contribution in [2.75, 3.05) is 6.26 Å². The monoisotopic (exact) mass is 245 g/mol. The van der Waals surface area contributed by atoms with Crippen molar-refractivity contribution in [2.45, 2.75) is 68.7 Å². The maximum absolute atomic E-state index is 11.6. The molecule has 1 N–H and O–H groups in total. The van der Waals surface area contributed by atoms with Crippen LogP contribution in [0.25, 0.3) is 0 Å². The van der Waals surface area contributed by atoms with Gasteiger partial charge in [-0.05, 0) is 25.7 Å². The van der Waals surface area contributed by atoms with Gasteiger partial charge in [0.1, 0.15) is 0 Å². The maximum atomic E-state index is 11.6. The van der Waals surface area contributed by atoms with Crippen LogP contribution in [0.2, 0.25) is 0 Å². The quantitative estimate of drug-likeness (QED) is 0.825. The lowest BCUT2D eigenvalue weighted by Crippen LogP contribution is -2.45. The number of nitrogens with one attached hydrogen (secondary N) is 1. The molecule has 2 fully saturated rings. The minimum absolute atomic E-state index is 0.130. The topological polar surface area (TPSA) is 46.2 Å². The fourth-order valence-electron chi connectivity index (χ4n) is 3.20. The predicted octanol–water partition coefficient (Wildman–Crippen LogP) is 1.87. The molecule has 2 unspecified atom stereocenters. The highest BCUT2D eigenvalue weighted by atomic mass is 32.2. The zero-order valence-electron chi connectivity index (χ0n) is 10.1. The van der Waals surface area contributed by atoms with Gasteiger partial charge in [0.05, 0.1) is 5.25 Å². The van der Waals surface area contributed by atoms with Crippen LogP contribution in [0.5, 0.6) is 0 Å². The summed E-state index contributed by atoms with van der Waals surface area (Å²) in [5.41, 5.74) is 0. The van der Waals surface area contributed by atoms with E-state index in [-0.39, 0.29) is 11.3 Å². The Morgan fingerprint density at radius 2 is 1.62 bits per heavy atom. The molecule has 0 aromatic heterocycles. The van der Waals surface area contributed by atoms with Crippen LogP contribution >= 0.6 is 0 Å². The molecule has 16 heavy (non-hydrogen) atoms. The molecule has 0 aromatic rings. The average Bonchev–Trinajstić information content (AvgIpc) is 2.67. The smallest absolute Gasteiger partial charge is 0.151 e. The molecule has 4 heteroatoms. The normalized spacial score (nSPS) is 33.1. The second kappa shape index (κ2) is 5.05. The molecule has 0 spiro atoms. The van der Waals surface area contributed by atoms with Crippen molar-refractivity contribution < 1.29 is 8.42 Å². The van der Waals surface area contributed by atoms with Crippen molar-refractivity contribution in [1.29, 1.82) is 0 Å². The van der Waals surface area contributed by atoms with Gasteiger partial charge in [0.15, 0.2) is 9.84 Å². The van der Waals surface area contributed by atoms with Crippen LogP contribution in [-0.4, -0.2) is 32.0 Å². The molecule has 3 nitrogen and oxygen atoms in total. The Kier molecular flexibility index (Phi) is 3.90. The zero-order chi connectivity index (χ0) is 11.6. The number of hydrogen-bond donors (Lipinski definition) is 1. The Labute approximate surface area is 98.9 Å². The summed E-state index contributed by atoms with van der Waals surface area (Å²) in [4.78, 5) is 0. The number of rotatable bonds is 3. The Balaban J connectivity index is 1.93. The third kappa shape index (κ3) is 2.98. The third-order valence-corrected chi connectivity index (χ3v) is 5.72. The minimum Gasteiger partial charge on any atom is -0.310 e. The first-order valence-corrected chi connectivity index (χ1v) is 8.48. The minimum atomic E-state index is -2.86. The Morgan fingerprint density at radius 3 is 2.25 bits per heavy atom. The first-order chi connectivity index (χ1) is 7.57. The van der Waals surface area contributed by atoms with Crippen molar-refractivity contribution in [2.24, 2.45) is 0 Å². The molecule has 2 saturated carbocycles. The van der Waals surface area contributed by atoms with Crippen LogP contribution in [-0.2, 0) is 9.84 Å². The number of sulfone groups is 1. The highest BCUT2D eigenvalue weighted by Gasteiger charge is 2.35. The van der Waals surface area contributed by atoms with Crippen LogP contribution in [0.3, 0.4) is 0 Å². The molecule has 0 radical (unpaired) electrons. The summed E-state index contributed by atoms with van der Waals surface area (Å²) in [7, 11) is -2.86. The molecule has 0 saturated heterocycles. The Hall–Kier alpha value is -0.0900. The fourth-order valence-corrected chi connectivity index (χ4v) is 4.61. The van der Waals surface area contributed by atoms with E-state index in [1.54, 1.807) is 0 Å². The van der Waals surface area contributed by atoms with Gasteiger partial charge in [0.25, 0.3) is 0 Å². The van der Waals surface area contributed by atoms with Gasteiger partial charge >= 0.3 is 0 Å². The molecule has 0 heterocycles. The van der Waals surface area contributed by atoms with Crippen LogP contribution < -0.4 is 5.32 Å². The first kappa shape index (κ1) is 12.4. The molecule has 0 bridgehead atoms. The molecule has 0 aromatic carbocycles. The van der Waals surface area contributed by atoms with Crippen LogP contribution in [0, 0.1) is 0 Å². The van der Waals surface area contributed by atoms with E-state index in [1.165, 1.54) is 38.4 Å². The molecule has 0 aliphatic heterocycles. The summed E-state index contributed by atoms with van der Waals surface area (Å²) in [6.45, 7) is 0. The number of hydrogen-bond acceptors (Lipinski definition) is 3. The second-order valence-corrected chi connectivity index (χ2v) is 7.67. The largest absolute Gasteiger partial charge is 0.310 e. The van der Waals surface area contributed by atoms with Crippen LogP contribution in [0.1, 0.15) is 51.4 Å². The summed E-state index contributed by atoms with van der Waals surface area (Å²) in [6, 6.07) is 0.791. The summed E-state index contributed by atoms with van der Waals surface area (Å²) in [5.74, 6) is 0. The van der Waals surface area contributed by atoms with E-state index in [0.717, 1.165) is 19.3 Å². The van der Waals surface area contributed by atoms with Gasteiger partial charge in [0, 0.05) is 18.3 Å². The SMILES string of the molecule is CS(=O)(=O)C1CCCC1NC1CCCCC1. The van der Waals surface area contributed by atoms with Gasteiger partial charge in [-0.25, -0.2) is 8.42 Å². The summed E-state index contributed by atoms with van der Waals surface area (Å²) >= 11 is 0. The first-order valence-electron chi connectivity index (χ1n) is 6.52. The van der Waals surface area contributed by atoms with Crippen molar-refractivity contribution in [3.63, 3.8) is 0 Å². The predicted molar refractivity (Wildman–Crippen MR) is 66.3 cm³/mol. The van der Waals surface area contributed by atoms with Crippen molar-refractivity contribution in [3.8, 4) is 0 Å². The zero-order valence-corrected chi connectivity index (χ0v) is 10.9. The summed E-state index contributed by atoms with van der Waals surface area (Å²) in [5, 5.41) is 3.47. The highest BCUT2D eigenvalue weighted by molar-refractivity contribution is 7.91. The van der Waals surface area contributed by atoms with Crippen molar-refractivity contribution in [1.82, 2.24) is 5.32 Å². The highest BCUT2D eigenvalue weighted by Crippen LogP contribution is 2.27. The van der Waals surface area contributed by atoms with Gasteiger partial charge in [-0.1, -0.05) is 25.7 Å².